The Morgan fingerprint density at radius 1 is 0.921 bits per heavy atom. The molecule has 0 radical (unpaired) electrons. The molecule has 0 atom stereocenters. The summed E-state index contributed by atoms with van der Waals surface area (Å²) in [6.45, 7) is 1.17. The van der Waals surface area contributed by atoms with E-state index in [9.17, 15) is 14.4 Å². The number of nitrogens with zero attached hydrogens (tertiary/aromatic N) is 2. The van der Waals surface area contributed by atoms with Crippen LogP contribution in [0.1, 0.15) is 11.1 Å². The number of likely N-dealkylation sites (N-methyl/N-ethyl adjacent to an activating group) is 1. The van der Waals surface area contributed by atoms with Gasteiger partial charge in [0.2, 0.25) is 5.88 Å². The number of rotatable bonds is 15. The van der Waals surface area contributed by atoms with Crippen molar-refractivity contribution in [2.45, 2.75) is 13.0 Å². The van der Waals surface area contributed by atoms with Crippen LogP contribution in [-0.4, -0.2) is 33.8 Å². The highest BCUT2D eigenvalue weighted by Gasteiger charge is 2.26. The second-order valence-corrected chi connectivity index (χ2v) is 7.25. The molecule has 0 fully saturated rings. The molecule has 38 heavy (non-hydrogen) atoms. The number of halogens is 1. The monoisotopic (exact) mass is 549 g/mol. The van der Waals surface area contributed by atoms with Gasteiger partial charge in [-0.2, -0.15) is 0 Å². The summed E-state index contributed by atoms with van der Waals surface area (Å²) in [6, 6.07) is 5.09. The summed E-state index contributed by atoms with van der Waals surface area (Å²) in [4.78, 5) is 21.3. The van der Waals surface area contributed by atoms with E-state index < -0.39 is 5.82 Å². The quantitative estimate of drug-likeness (QED) is 0.108. The average Bonchev–Trinajstić information content (AvgIpc) is 3.24. The molecule has 4 rings (SSSR count). The Bertz CT molecular complexity index is 1240. The van der Waals surface area contributed by atoms with Gasteiger partial charge in [-0.25, -0.2) is 9.65 Å². The van der Waals surface area contributed by atoms with E-state index >= 15 is 0 Å². The molecule has 0 amide bonds. The van der Waals surface area contributed by atoms with Crippen molar-refractivity contribution in [2.24, 2.45) is 5.18 Å². The van der Waals surface area contributed by atoms with E-state index in [2.05, 4.69) is 70.6 Å². The molecular formula is C18H16FN3O16. The predicted molar refractivity (Wildman–Crippen MR) is 107 cm³/mol. The van der Waals surface area contributed by atoms with Crippen LogP contribution in [0.15, 0.2) is 29.4 Å². The third-order valence-electron chi connectivity index (χ3n) is 5.20. The predicted octanol–water partition coefficient (Wildman–Crippen LogP) is 3.10. The average molecular weight is 549 g/mol. The maximum absolute atomic E-state index is 14.3. The number of hydrogen-bond acceptors (Lipinski definition) is 18. The Labute approximate surface area is 208 Å². The largest absolute Gasteiger partial charge is 0.493 e. The lowest BCUT2D eigenvalue weighted by molar-refractivity contribution is -0.873. The molecule has 19 nitrogen and oxygen atoms in total. The molecule has 0 saturated carbocycles. The Kier molecular flexibility index (Phi) is 9.71. The number of aromatic amines is 1. The van der Waals surface area contributed by atoms with Crippen LogP contribution in [0.25, 0.3) is 22.0 Å². The number of hydrogen-bond donors (Lipinski definition) is 3. The van der Waals surface area contributed by atoms with Crippen molar-refractivity contribution < 1.29 is 80.1 Å². The molecule has 3 aromatic rings. The Balaban J connectivity index is 1.43. The molecule has 2 aromatic carbocycles. The second kappa shape index (κ2) is 13.4. The standard InChI is InChI=1S/C18H16FN3O16/c1-22-5-4-10-11(7-13-16(14(10)8-22)20-18(23)17(13)21-24)12-6-9(19)2-3-15(12)26-28-30-32-34-36-38-37-35-33-31-29-27-25/h2-3,6-7,20,23,25H,4-5,8H2,1H3. The van der Waals surface area contributed by atoms with Gasteiger partial charge in [0.05, 0.1) is 5.52 Å². The van der Waals surface area contributed by atoms with Crippen molar-refractivity contribution in [3.8, 4) is 22.8 Å². The number of nitrogens with one attached hydrogen (secondary N) is 1. The fourth-order valence-corrected chi connectivity index (χ4v) is 3.81. The van der Waals surface area contributed by atoms with Crippen LogP contribution in [0.3, 0.4) is 0 Å². The summed E-state index contributed by atoms with van der Waals surface area (Å²) in [5.41, 5.74) is 2.67. The molecule has 20 heteroatoms. The van der Waals surface area contributed by atoms with Gasteiger partial charge in [-0.3, -0.25) is 0 Å². The van der Waals surface area contributed by atoms with Gasteiger partial charge in [-0.1, -0.05) is 0 Å². The highest BCUT2D eigenvalue weighted by atomic mass is 19.1. The molecule has 0 unspecified atom stereocenters. The summed E-state index contributed by atoms with van der Waals surface area (Å²) in [6.07, 6.45) is 0.563. The van der Waals surface area contributed by atoms with Crippen LogP contribution < -0.4 is 4.89 Å². The zero-order valence-electron chi connectivity index (χ0n) is 18.8. The van der Waals surface area contributed by atoms with Crippen LogP contribution in [-0.2, 0) is 73.4 Å². The van der Waals surface area contributed by atoms with Crippen molar-refractivity contribution in [2.75, 3.05) is 13.6 Å². The van der Waals surface area contributed by atoms with E-state index in [1.54, 1.807) is 6.07 Å². The van der Waals surface area contributed by atoms with Crippen LogP contribution >= 0.6 is 0 Å². The topological polar surface area (TPSA) is 209 Å². The number of aromatic hydroxyl groups is 1. The lowest BCUT2D eigenvalue weighted by Crippen LogP contribution is -2.27. The van der Waals surface area contributed by atoms with Gasteiger partial charge in [0, 0.05) is 54.3 Å². The van der Waals surface area contributed by atoms with E-state index in [1.807, 2.05) is 11.9 Å². The van der Waals surface area contributed by atoms with Crippen molar-refractivity contribution in [3.63, 3.8) is 0 Å². The molecule has 0 spiro atoms. The summed E-state index contributed by atoms with van der Waals surface area (Å²) in [5.74, 6) is -1.02. The maximum atomic E-state index is 14.3. The van der Waals surface area contributed by atoms with Gasteiger partial charge < -0.3 is 19.9 Å². The van der Waals surface area contributed by atoms with Gasteiger partial charge in [-0.05, 0) is 89.8 Å². The number of H-pyrrole nitrogens is 1. The highest BCUT2D eigenvalue weighted by molar-refractivity contribution is 6.00. The highest BCUT2D eigenvalue weighted by Crippen LogP contribution is 2.44. The van der Waals surface area contributed by atoms with Gasteiger partial charge in [-0.15, -0.1) is 4.91 Å². The van der Waals surface area contributed by atoms with E-state index in [-0.39, 0.29) is 22.9 Å². The summed E-state index contributed by atoms with van der Waals surface area (Å²) < 4.78 is 14.3. The number of nitroso groups, excluding NO2 is 1. The van der Waals surface area contributed by atoms with E-state index in [0.717, 1.165) is 17.2 Å². The van der Waals surface area contributed by atoms with E-state index in [4.69, 9.17) is 10.1 Å². The molecule has 0 bridgehead atoms. The molecule has 1 aromatic heterocycles. The Morgan fingerprint density at radius 2 is 1.58 bits per heavy atom. The number of fused-ring (bicyclic) bond motifs is 3. The number of benzene rings is 2. The summed E-state index contributed by atoms with van der Waals surface area (Å²) in [7, 11) is 1.91. The number of aromatic nitrogens is 1. The first-order valence-corrected chi connectivity index (χ1v) is 10.1. The molecule has 1 aliphatic rings. The van der Waals surface area contributed by atoms with Crippen molar-refractivity contribution in [3.05, 3.63) is 46.1 Å². The first kappa shape index (κ1) is 27.6. The Morgan fingerprint density at radius 3 is 2.24 bits per heavy atom. The molecule has 1 aliphatic heterocycles. The fourth-order valence-electron chi connectivity index (χ4n) is 3.81. The summed E-state index contributed by atoms with van der Waals surface area (Å²) >= 11 is 0. The van der Waals surface area contributed by atoms with Crippen LogP contribution in [0.5, 0.6) is 11.6 Å². The molecule has 0 aliphatic carbocycles. The molecule has 2 heterocycles. The van der Waals surface area contributed by atoms with Crippen molar-refractivity contribution >= 4 is 16.6 Å². The zero-order valence-corrected chi connectivity index (χ0v) is 18.8. The lowest BCUT2D eigenvalue weighted by Gasteiger charge is -2.28. The summed E-state index contributed by atoms with van der Waals surface area (Å²) in [5, 5.41) is 65.2. The minimum absolute atomic E-state index is 0.0315. The third-order valence-corrected chi connectivity index (χ3v) is 5.20. The second-order valence-electron chi connectivity index (χ2n) is 7.25. The zero-order chi connectivity index (χ0) is 26.9. The van der Waals surface area contributed by atoms with Gasteiger partial charge >= 0.3 is 0 Å². The van der Waals surface area contributed by atoms with Crippen LogP contribution in [0, 0.1) is 10.7 Å². The Hall–Kier alpha value is -3.45. The van der Waals surface area contributed by atoms with E-state index in [0.29, 0.717) is 36.0 Å². The van der Waals surface area contributed by atoms with Gasteiger partial charge in [0.15, 0.2) is 11.4 Å². The van der Waals surface area contributed by atoms with Crippen LogP contribution in [0.4, 0.5) is 10.1 Å². The van der Waals surface area contributed by atoms with Crippen molar-refractivity contribution in [1.29, 1.82) is 0 Å². The molecule has 206 valence electrons. The minimum Gasteiger partial charge on any atom is -0.493 e. The molecular weight excluding hydrogens is 533 g/mol. The van der Waals surface area contributed by atoms with Gasteiger partial charge in [0.1, 0.15) is 5.82 Å². The van der Waals surface area contributed by atoms with Crippen LogP contribution in [0.2, 0.25) is 0 Å². The van der Waals surface area contributed by atoms with Crippen molar-refractivity contribution in [1.82, 2.24) is 9.88 Å². The smallest absolute Gasteiger partial charge is 0.219 e. The van der Waals surface area contributed by atoms with E-state index in [1.165, 1.54) is 12.1 Å². The lowest BCUT2D eigenvalue weighted by atomic mass is 9.88. The normalized spacial score (nSPS) is 13.7. The SMILES string of the molecule is CN1CCc2c(-c3cc(F)ccc3OOOOOOOOOOOOOO)cc3c(N=O)c(O)[nH]c3c2C1. The maximum Gasteiger partial charge on any atom is 0.219 e. The minimum atomic E-state index is -0.599. The molecule has 3 N–H and O–H groups in total. The first-order chi connectivity index (χ1) is 18.5. The first-order valence-electron chi connectivity index (χ1n) is 10.1. The molecule has 0 saturated heterocycles. The third kappa shape index (κ3) is 6.51. The van der Waals surface area contributed by atoms with Gasteiger partial charge in [0.25, 0.3) is 0 Å². The fraction of sp³-hybridized carbons (Fsp3) is 0.222.